The molecule has 0 radical (unpaired) electrons. The molecule has 0 unspecified atom stereocenters. The van der Waals surface area contributed by atoms with E-state index in [-0.39, 0.29) is 5.82 Å². The third-order valence-corrected chi connectivity index (χ3v) is 3.90. The Morgan fingerprint density at radius 3 is 2.33 bits per heavy atom. The van der Waals surface area contributed by atoms with E-state index in [1.54, 1.807) is 0 Å². The molecular weight excluding hydrogens is 293 g/mol. The molecule has 0 bridgehead atoms. The average molecular weight is 306 g/mol. The van der Waals surface area contributed by atoms with Crippen LogP contribution in [-0.4, -0.2) is 4.90 Å². The van der Waals surface area contributed by atoms with Crippen molar-refractivity contribution in [1.29, 1.82) is 0 Å². The molecule has 0 aliphatic carbocycles. The summed E-state index contributed by atoms with van der Waals surface area (Å²) in [5, 5.41) is 0. The van der Waals surface area contributed by atoms with Gasteiger partial charge in [-0.25, -0.2) is 4.39 Å². The summed E-state index contributed by atoms with van der Waals surface area (Å²) in [5.41, 5.74) is 3.94. The molecule has 0 fully saturated rings. The first-order valence-corrected chi connectivity index (χ1v) is 6.75. The van der Waals surface area contributed by atoms with Crippen LogP contribution in [0.15, 0.2) is 46.9 Å². The Hall–Kier alpha value is -1.19. The molecule has 18 heavy (non-hydrogen) atoms. The summed E-state index contributed by atoms with van der Waals surface area (Å²) in [7, 11) is 0. The topological polar surface area (TPSA) is 3.24 Å². The van der Waals surface area contributed by atoms with Crippen molar-refractivity contribution in [3.63, 3.8) is 0 Å². The maximum atomic E-state index is 13.2. The number of hydrogen-bond donors (Lipinski definition) is 0. The summed E-state index contributed by atoms with van der Waals surface area (Å²) >= 11 is 3.23. The van der Waals surface area contributed by atoms with E-state index in [0.29, 0.717) is 4.47 Å². The summed E-state index contributed by atoms with van der Waals surface area (Å²) in [6.07, 6.45) is 0. The second-order valence-electron chi connectivity index (χ2n) is 4.66. The van der Waals surface area contributed by atoms with Crippen LogP contribution in [0.3, 0.4) is 0 Å². The second-order valence-corrected chi connectivity index (χ2v) is 5.52. The van der Waals surface area contributed by atoms with Gasteiger partial charge < -0.3 is 0 Å². The lowest BCUT2D eigenvalue weighted by molar-refractivity contribution is 0.275. The lowest BCUT2D eigenvalue weighted by Crippen LogP contribution is -2.15. The van der Waals surface area contributed by atoms with Crippen LogP contribution in [0.4, 0.5) is 4.39 Å². The van der Waals surface area contributed by atoms with Gasteiger partial charge in [-0.3, -0.25) is 4.90 Å². The summed E-state index contributed by atoms with van der Waals surface area (Å²) in [5.74, 6) is -0.205. The first-order chi connectivity index (χ1) is 8.72. The van der Waals surface area contributed by atoms with E-state index in [4.69, 9.17) is 0 Å². The fraction of sp³-hybridized carbons (Fsp3) is 0.200. The molecule has 1 aliphatic heterocycles. The molecule has 0 N–H and O–H groups in total. The van der Waals surface area contributed by atoms with Gasteiger partial charge in [0.1, 0.15) is 5.82 Å². The zero-order valence-corrected chi connectivity index (χ0v) is 11.5. The Bertz CT molecular complexity index is 557. The van der Waals surface area contributed by atoms with Crippen molar-refractivity contribution in [3.8, 4) is 0 Å². The standard InChI is InChI=1S/C15H13BrFN/c16-14-7-11(5-6-15(14)17)8-18-9-12-3-1-2-4-13(12)10-18/h1-7H,8-10H2. The predicted octanol–water partition coefficient (Wildman–Crippen LogP) is 4.10. The van der Waals surface area contributed by atoms with Gasteiger partial charge in [-0.05, 0) is 44.8 Å². The van der Waals surface area contributed by atoms with E-state index >= 15 is 0 Å². The molecule has 92 valence electrons. The first kappa shape index (κ1) is 11.9. The van der Waals surface area contributed by atoms with E-state index < -0.39 is 0 Å². The highest BCUT2D eigenvalue weighted by Gasteiger charge is 2.18. The summed E-state index contributed by atoms with van der Waals surface area (Å²) < 4.78 is 13.7. The van der Waals surface area contributed by atoms with E-state index in [2.05, 4.69) is 45.1 Å². The highest BCUT2D eigenvalue weighted by molar-refractivity contribution is 9.10. The Balaban J connectivity index is 1.74. The Morgan fingerprint density at radius 1 is 1.06 bits per heavy atom. The fourth-order valence-corrected chi connectivity index (χ4v) is 2.84. The zero-order valence-electron chi connectivity index (χ0n) is 9.87. The quantitative estimate of drug-likeness (QED) is 0.807. The van der Waals surface area contributed by atoms with Gasteiger partial charge in [0.15, 0.2) is 0 Å². The normalized spacial score (nSPS) is 14.8. The van der Waals surface area contributed by atoms with Crippen molar-refractivity contribution in [1.82, 2.24) is 4.90 Å². The van der Waals surface area contributed by atoms with Crippen LogP contribution in [0, 0.1) is 5.82 Å². The minimum Gasteiger partial charge on any atom is -0.291 e. The predicted molar refractivity (Wildman–Crippen MR) is 73.5 cm³/mol. The number of nitrogens with zero attached hydrogens (tertiary/aromatic N) is 1. The van der Waals surface area contributed by atoms with Crippen molar-refractivity contribution in [2.75, 3.05) is 0 Å². The molecule has 3 heteroatoms. The number of benzene rings is 2. The summed E-state index contributed by atoms with van der Waals surface area (Å²) in [6, 6.07) is 13.7. The van der Waals surface area contributed by atoms with E-state index in [1.165, 1.54) is 17.2 Å². The molecule has 0 amide bonds. The molecule has 0 saturated carbocycles. The molecule has 1 aliphatic rings. The number of hydrogen-bond acceptors (Lipinski definition) is 1. The lowest BCUT2D eigenvalue weighted by atomic mass is 10.1. The van der Waals surface area contributed by atoms with Gasteiger partial charge in [-0.2, -0.15) is 0 Å². The van der Waals surface area contributed by atoms with Crippen molar-refractivity contribution in [3.05, 3.63) is 69.4 Å². The van der Waals surface area contributed by atoms with Crippen LogP contribution in [0.5, 0.6) is 0 Å². The van der Waals surface area contributed by atoms with Gasteiger partial charge in [0, 0.05) is 19.6 Å². The minimum atomic E-state index is -0.205. The van der Waals surface area contributed by atoms with Gasteiger partial charge in [-0.15, -0.1) is 0 Å². The molecule has 0 spiro atoms. The van der Waals surface area contributed by atoms with E-state index in [9.17, 15) is 4.39 Å². The van der Waals surface area contributed by atoms with Crippen molar-refractivity contribution >= 4 is 15.9 Å². The SMILES string of the molecule is Fc1ccc(CN2Cc3ccccc3C2)cc1Br. The van der Waals surface area contributed by atoms with Gasteiger partial charge in [0.25, 0.3) is 0 Å². The Labute approximate surface area is 114 Å². The minimum absolute atomic E-state index is 0.205. The Kier molecular flexibility index (Phi) is 3.18. The first-order valence-electron chi connectivity index (χ1n) is 5.95. The van der Waals surface area contributed by atoms with Crippen LogP contribution in [0.1, 0.15) is 16.7 Å². The van der Waals surface area contributed by atoms with E-state index in [0.717, 1.165) is 25.2 Å². The molecule has 1 nitrogen and oxygen atoms in total. The van der Waals surface area contributed by atoms with Gasteiger partial charge in [0.2, 0.25) is 0 Å². The van der Waals surface area contributed by atoms with Crippen LogP contribution in [0.2, 0.25) is 0 Å². The zero-order chi connectivity index (χ0) is 12.5. The van der Waals surface area contributed by atoms with Gasteiger partial charge >= 0.3 is 0 Å². The third kappa shape index (κ3) is 2.33. The van der Waals surface area contributed by atoms with E-state index in [1.807, 2.05) is 12.1 Å². The maximum absolute atomic E-state index is 13.2. The highest BCUT2D eigenvalue weighted by Crippen LogP contribution is 2.25. The van der Waals surface area contributed by atoms with Crippen molar-refractivity contribution in [2.45, 2.75) is 19.6 Å². The number of fused-ring (bicyclic) bond motifs is 1. The Morgan fingerprint density at radius 2 is 1.72 bits per heavy atom. The molecule has 2 aromatic carbocycles. The van der Waals surface area contributed by atoms with Gasteiger partial charge in [-0.1, -0.05) is 30.3 Å². The van der Waals surface area contributed by atoms with Gasteiger partial charge in [0.05, 0.1) is 4.47 Å². The molecule has 1 heterocycles. The molecular formula is C15H13BrFN. The number of halogens is 2. The molecule has 3 rings (SSSR count). The average Bonchev–Trinajstić information content (AvgIpc) is 2.76. The van der Waals surface area contributed by atoms with Crippen molar-refractivity contribution < 1.29 is 4.39 Å². The smallest absolute Gasteiger partial charge is 0.137 e. The largest absolute Gasteiger partial charge is 0.291 e. The maximum Gasteiger partial charge on any atom is 0.137 e. The monoisotopic (exact) mass is 305 g/mol. The number of rotatable bonds is 2. The fourth-order valence-electron chi connectivity index (χ4n) is 2.41. The van der Waals surface area contributed by atoms with Crippen LogP contribution < -0.4 is 0 Å². The lowest BCUT2D eigenvalue weighted by Gasteiger charge is -2.15. The molecule has 0 atom stereocenters. The third-order valence-electron chi connectivity index (χ3n) is 3.30. The van der Waals surface area contributed by atoms with Crippen LogP contribution in [-0.2, 0) is 19.6 Å². The molecule has 0 saturated heterocycles. The second kappa shape index (κ2) is 4.82. The summed E-state index contributed by atoms with van der Waals surface area (Å²) in [4.78, 5) is 2.37. The van der Waals surface area contributed by atoms with Crippen molar-refractivity contribution in [2.24, 2.45) is 0 Å². The van der Waals surface area contributed by atoms with Crippen LogP contribution in [0.25, 0.3) is 0 Å². The molecule has 2 aromatic rings. The molecule has 0 aromatic heterocycles. The summed E-state index contributed by atoms with van der Waals surface area (Å²) in [6.45, 7) is 2.81. The highest BCUT2D eigenvalue weighted by atomic mass is 79.9. The van der Waals surface area contributed by atoms with Crippen LogP contribution >= 0.6 is 15.9 Å².